The van der Waals surface area contributed by atoms with E-state index in [1.165, 1.54) is 6.07 Å². The summed E-state index contributed by atoms with van der Waals surface area (Å²) in [6.45, 7) is 0. The van der Waals surface area contributed by atoms with Crippen LogP contribution < -0.4 is 5.32 Å². The van der Waals surface area contributed by atoms with Crippen molar-refractivity contribution in [2.75, 3.05) is 5.32 Å². The predicted molar refractivity (Wildman–Crippen MR) is 77.9 cm³/mol. The van der Waals surface area contributed by atoms with Gasteiger partial charge >= 0.3 is 12.1 Å². The molecule has 126 valence electrons. The second kappa shape index (κ2) is 7.02. The van der Waals surface area contributed by atoms with Gasteiger partial charge in [0.25, 0.3) is 0 Å². The summed E-state index contributed by atoms with van der Waals surface area (Å²) in [5.74, 6) is -3.52. The first kappa shape index (κ1) is 17.3. The van der Waals surface area contributed by atoms with Gasteiger partial charge < -0.3 is 10.4 Å². The molecule has 1 saturated carbocycles. The van der Waals surface area contributed by atoms with Crippen molar-refractivity contribution in [3.05, 3.63) is 29.8 Å². The van der Waals surface area contributed by atoms with Crippen molar-refractivity contribution >= 4 is 17.6 Å². The molecular formula is C16H18F3NO3. The SMILES string of the molecule is O=C(O)Cc1cccc(NC(=O)C2CCCC(C(F)(F)F)C2)c1. The Morgan fingerprint density at radius 2 is 2.00 bits per heavy atom. The van der Waals surface area contributed by atoms with Crippen LogP contribution in [0.3, 0.4) is 0 Å². The molecule has 2 rings (SSSR count). The molecule has 0 spiro atoms. The van der Waals surface area contributed by atoms with Crippen molar-refractivity contribution in [2.45, 2.75) is 38.3 Å². The zero-order valence-electron chi connectivity index (χ0n) is 12.4. The Kier molecular flexibility index (Phi) is 5.28. The van der Waals surface area contributed by atoms with E-state index in [1.54, 1.807) is 18.2 Å². The number of rotatable bonds is 4. The Hall–Kier alpha value is -2.05. The fourth-order valence-electron chi connectivity index (χ4n) is 2.90. The fourth-order valence-corrected chi connectivity index (χ4v) is 2.90. The summed E-state index contributed by atoms with van der Waals surface area (Å²) in [4.78, 5) is 22.9. The maximum Gasteiger partial charge on any atom is 0.391 e. The first-order chi connectivity index (χ1) is 10.8. The van der Waals surface area contributed by atoms with Crippen LogP contribution in [0.2, 0.25) is 0 Å². The van der Waals surface area contributed by atoms with E-state index in [0.717, 1.165) is 0 Å². The number of anilines is 1. The predicted octanol–water partition coefficient (Wildman–Crippen LogP) is 3.62. The van der Waals surface area contributed by atoms with Gasteiger partial charge in [-0.2, -0.15) is 13.2 Å². The Balaban J connectivity index is 2.00. The van der Waals surface area contributed by atoms with Crippen molar-refractivity contribution < 1.29 is 27.9 Å². The summed E-state index contributed by atoms with van der Waals surface area (Å²) in [5.41, 5.74) is 0.926. The van der Waals surface area contributed by atoms with Crippen LogP contribution in [0.25, 0.3) is 0 Å². The number of benzene rings is 1. The van der Waals surface area contributed by atoms with Gasteiger partial charge in [0.1, 0.15) is 0 Å². The van der Waals surface area contributed by atoms with Gasteiger partial charge in [0.05, 0.1) is 12.3 Å². The van der Waals surface area contributed by atoms with E-state index in [-0.39, 0.29) is 19.3 Å². The summed E-state index contributed by atoms with van der Waals surface area (Å²) in [5, 5.41) is 11.4. The molecule has 1 aliphatic carbocycles. The summed E-state index contributed by atoms with van der Waals surface area (Å²) >= 11 is 0. The third-order valence-electron chi connectivity index (χ3n) is 4.06. The molecule has 7 heteroatoms. The molecule has 2 unspecified atom stereocenters. The van der Waals surface area contributed by atoms with E-state index < -0.39 is 29.9 Å². The molecule has 1 aliphatic rings. The maximum atomic E-state index is 12.8. The first-order valence-corrected chi connectivity index (χ1v) is 7.44. The molecule has 0 aliphatic heterocycles. The van der Waals surface area contributed by atoms with E-state index >= 15 is 0 Å². The smallest absolute Gasteiger partial charge is 0.391 e. The number of carboxylic acids is 1. The zero-order valence-corrected chi connectivity index (χ0v) is 12.4. The second-order valence-corrected chi connectivity index (χ2v) is 5.86. The molecular weight excluding hydrogens is 311 g/mol. The third kappa shape index (κ3) is 4.97. The van der Waals surface area contributed by atoms with Crippen LogP contribution in [0.5, 0.6) is 0 Å². The van der Waals surface area contributed by atoms with Crippen LogP contribution in [-0.2, 0) is 16.0 Å². The molecule has 2 atom stereocenters. The number of hydrogen-bond donors (Lipinski definition) is 2. The van der Waals surface area contributed by atoms with Crippen molar-refractivity contribution in [2.24, 2.45) is 11.8 Å². The van der Waals surface area contributed by atoms with E-state index in [1.807, 2.05) is 0 Å². The third-order valence-corrected chi connectivity index (χ3v) is 4.06. The number of carbonyl (C=O) groups is 2. The highest BCUT2D eigenvalue weighted by Gasteiger charge is 2.43. The van der Waals surface area contributed by atoms with E-state index in [4.69, 9.17) is 5.11 Å². The van der Waals surface area contributed by atoms with Crippen molar-refractivity contribution in [3.8, 4) is 0 Å². The van der Waals surface area contributed by atoms with Crippen molar-refractivity contribution in [3.63, 3.8) is 0 Å². The van der Waals surface area contributed by atoms with Gasteiger partial charge in [0.15, 0.2) is 0 Å². The van der Waals surface area contributed by atoms with Crippen LogP contribution in [0.1, 0.15) is 31.2 Å². The average Bonchev–Trinajstić information content (AvgIpc) is 2.46. The van der Waals surface area contributed by atoms with Crippen molar-refractivity contribution in [1.82, 2.24) is 0 Å². The van der Waals surface area contributed by atoms with E-state index in [2.05, 4.69) is 5.32 Å². The molecule has 0 radical (unpaired) electrons. The molecule has 2 N–H and O–H groups in total. The van der Waals surface area contributed by atoms with Gasteiger partial charge in [-0.25, -0.2) is 0 Å². The minimum absolute atomic E-state index is 0.0708. The van der Waals surface area contributed by atoms with Gasteiger partial charge in [-0.3, -0.25) is 9.59 Å². The Morgan fingerprint density at radius 1 is 1.26 bits per heavy atom. The minimum Gasteiger partial charge on any atom is -0.481 e. The van der Waals surface area contributed by atoms with Crippen LogP contribution in [0, 0.1) is 11.8 Å². The minimum atomic E-state index is -4.26. The summed E-state index contributed by atoms with van der Waals surface area (Å²) in [6.07, 6.45) is -3.75. The van der Waals surface area contributed by atoms with Crippen LogP contribution in [0.15, 0.2) is 24.3 Å². The number of nitrogens with one attached hydrogen (secondary N) is 1. The molecule has 1 aromatic carbocycles. The average molecular weight is 329 g/mol. The molecule has 0 aromatic heterocycles. The number of halogens is 3. The Bertz CT molecular complexity index is 586. The maximum absolute atomic E-state index is 12.8. The van der Waals surface area contributed by atoms with Crippen LogP contribution >= 0.6 is 0 Å². The van der Waals surface area contributed by atoms with Gasteiger partial charge in [-0.05, 0) is 37.0 Å². The van der Waals surface area contributed by atoms with E-state index in [0.29, 0.717) is 24.1 Å². The highest BCUT2D eigenvalue weighted by Crippen LogP contribution is 2.40. The summed E-state index contributed by atoms with van der Waals surface area (Å²) < 4.78 is 38.4. The molecule has 1 aromatic rings. The van der Waals surface area contributed by atoms with Gasteiger partial charge in [0.2, 0.25) is 5.91 Å². The molecule has 0 bridgehead atoms. The van der Waals surface area contributed by atoms with Crippen molar-refractivity contribution in [1.29, 1.82) is 0 Å². The zero-order chi connectivity index (χ0) is 17.0. The Morgan fingerprint density at radius 3 is 2.65 bits per heavy atom. The van der Waals surface area contributed by atoms with E-state index in [9.17, 15) is 22.8 Å². The number of carbonyl (C=O) groups excluding carboxylic acids is 1. The second-order valence-electron chi connectivity index (χ2n) is 5.86. The standard InChI is InChI=1S/C16H18F3NO3/c17-16(18,19)12-5-2-4-11(9-12)15(23)20-13-6-1-3-10(7-13)8-14(21)22/h1,3,6-7,11-12H,2,4-5,8-9H2,(H,20,23)(H,21,22). The Labute approximate surface area is 131 Å². The lowest BCUT2D eigenvalue weighted by molar-refractivity contribution is -0.185. The van der Waals surface area contributed by atoms with Gasteiger partial charge in [0, 0.05) is 11.6 Å². The molecule has 23 heavy (non-hydrogen) atoms. The monoisotopic (exact) mass is 329 g/mol. The molecule has 4 nitrogen and oxygen atoms in total. The normalized spacial score (nSPS) is 21.7. The number of aliphatic carboxylic acids is 1. The highest BCUT2D eigenvalue weighted by atomic mass is 19.4. The quantitative estimate of drug-likeness (QED) is 0.886. The highest BCUT2D eigenvalue weighted by molar-refractivity contribution is 5.92. The van der Waals surface area contributed by atoms with Crippen LogP contribution in [0.4, 0.5) is 18.9 Å². The number of hydrogen-bond acceptors (Lipinski definition) is 2. The first-order valence-electron chi connectivity index (χ1n) is 7.44. The number of carboxylic acid groups (broad SMARTS) is 1. The molecule has 1 fully saturated rings. The fraction of sp³-hybridized carbons (Fsp3) is 0.500. The molecule has 0 saturated heterocycles. The number of amides is 1. The van der Waals surface area contributed by atoms with Crippen LogP contribution in [-0.4, -0.2) is 23.2 Å². The molecule has 1 amide bonds. The topological polar surface area (TPSA) is 66.4 Å². The molecule has 0 heterocycles. The lowest BCUT2D eigenvalue weighted by Gasteiger charge is -2.29. The summed E-state index contributed by atoms with van der Waals surface area (Å²) in [7, 11) is 0. The van der Waals surface area contributed by atoms with Gasteiger partial charge in [-0.1, -0.05) is 18.6 Å². The largest absolute Gasteiger partial charge is 0.481 e. The summed E-state index contributed by atoms with van der Waals surface area (Å²) in [6, 6.07) is 6.33. The number of alkyl halides is 3. The van der Waals surface area contributed by atoms with Gasteiger partial charge in [-0.15, -0.1) is 0 Å². The lowest BCUT2D eigenvalue weighted by atomic mass is 9.80. The lowest BCUT2D eigenvalue weighted by Crippen LogP contribution is -2.34.